The molecule has 5 heteroatoms. The summed E-state index contributed by atoms with van der Waals surface area (Å²) in [6.45, 7) is 10.3. The number of rotatable bonds is 7. The third-order valence-electron chi connectivity index (χ3n) is 3.03. The van der Waals surface area contributed by atoms with Crippen molar-refractivity contribution in [2.75, 3.05) is 18.4 Å². The van der Waals surface area contributed by atoms with Crippen LogP contribution in [0.1, 0.15) is 39.7 Å². The van der Waals surface area contributed by atoms with Gasteiger partial charge in [-0.1, -0.05) is 26.0 Å². The van der Waals surface area contributed by atoms with Gasteiger partial charge in [0.15, 0.2) is 5.96 Å². The zero-order chi connectivity index (χ0) is 16.4. The zero-order valence-electron chi connectivity index (χ0n) is 14.1. The predicted molar refractivity (Wildman–Crippen MR) is 93.0 cm³/mol. The maximum absolute atomic E-state index is 11.1. The first-order valence-corrected chi connectivity index (χ1v) is 7.90. The Hall–Kier alpha value is -2.04. The van der Waals surface area contributed by atoms with Gasteiger partial charge in [-0.2, -0.15) is 0 Å². The molecule has 0 heterocycles. The molecule has 1 rings (SSSR count). The molecule has 3 N–H and O–H groups in total. The number of carbonyl (C=O) groups excluding carboxylic acids is 1. The second-order valence-corrected chi connectivity index (χ2v) is 5.69. The molecule has 0 radical (unpaired) electrons. The second kappa shape index (κ2) is 9.82. The molecular weight excluding hydrogens is 276 g/mol. The van der Waals surface area contributed by atoms with Gasteiger partial charge in [0.05, 0.1) is 6.54 Å². The topological polar surface area (TPSA) is 65.5 Å². The van der Waals surface area contributed by atoms with Crippen LogP contribution in [0.2, 0.25) is 0 Å². The molecule has 22 heavy (non-hydrogen) atoms. The van der Waals surface area contributed by atoms with Crippen LogP contribution in [0, 0.1) is 5.92 Å². The standard InChI is InChI=1S/C17H28N4O/c1-5-18-17(19-10-9-13(2)3)20-12-15-7-6-8-16(11-15)21-14(4)22/h6-8,11,13H,5,9-10,12H2,1-4H3,(H,21,22)(H2,18,19,20). The molecule has 0 bridgehead atoms. The molecule has 0 unspecified atom stereocenters. The average molecular weight is 304 g/mol. The Morgan fingerprint density at radius 2 is 2.05 bits per heavy atom. The highest BCUT2D eigenvalue weighted by molar-refractivity contribution is 5.88. The van der Waals surface area contributed by atoms with Gasteiger partial charge >= 0.3 is 0 Å². The van der Waals surface area contributed by atoms with E-state index in [-0.39, 0.29) is 5.91 Å². The smallest absolute Gasteiger partial charge is 0.221 e. The minimum absolute atomic E-state index is 0.0654. The summed E-state index contributed by atoms with van der Waals surface area (Å²) < 4.78 is 0. The largest absolute Gasteiger partial charge is 0.357 e. The number of hydrogen-bond donors (Lipinski definition) is 3. The van der Waals surface area contributed by atoms with E-state index in [1.807, 2.05) is 24.3 Å². The fourth-order valence-electron chi connectivity index (χ4n) is 1.94. The normalized spacial score (nSPS) is 11.4. The summed E-state index contributed by atoms with van der Waals surface area (Å²) >= 11 is 0. The van der Waals surface area contributed by atoms with Crippen molar-refractivity contribution >= 4 is 17.6 Å². The van der Waals surface area contributed by atoms with Crippen molar-refractivity contribution in [3.8, 4) is 0 Å². The Kier molecular flexibility index (Phi) is 8.04. The number of guanidine groups is 1. The number of nitrogens with one attached hydrogen (secondary N) is 3. The SMILES string of the molecule is CCNC(=NCc1cccc(NC(C)=O)c1)NCCC(C)C. The maximum atomic E-state index is 11.1. The number of carbonyl (C=O) groups is 1. The van der Waals surface area contributed by atoms with Crippen molar-refractivity contribution in [1.82, 2.24) is 10.6 Å². The highest BCUT2D eigenvalue weighted by Gasteiger charge is 2.00. The maximum Gasteiger partial charge on any atom is 0.221 e. The summed E-state index contributed by atoms with van der Waals surface area (Å²) in [5, 5.41) is 9.37. The van der Waals surface area contributed by atoms with Gasteiger partial charge in [0.1, 0.15) is 0 Å². The van der Waals surface area contributed by atoms with Crippen LogP contribution in [0.5, 0.6) is 0 Å². The Morgan fingerprint density at radius 1 is 1.27 bits per heavy atom. The van der Waals surface area contributed by atoms with Crippen LogP contribution in [0.4, 0.5) is 5.69 Å². The quantitative estimate of drug-likeness (QED) is 0.536. The number of hydrogen-bond acceptors (Lipinski definition) is 2. The number of nitrogens with zero attached hydrogens (tertiary/aromatic N) is 1. The second-order valence-electron chi connectivity index (χ2n) is 5.69. The van der Waals surface area contributed by atoms with Crippen LogP contribution in [0.3, 0.4) is 0 Å². The van der Waals surface area contributed by atoms with Crippen LogP contribution in [0.25, 0.3) is 0 Å². The average Bonchev–Trinajstić information content (AvgIpc) is 2.44. The number of anilines is 1. The van der Waals surface area contributed by atoms with Gasteiger partial charge in [0, 0.05) is 25.7 Å². The van der Waals surface area contributed by atoms with Crippen molar-refractivity contribution in [1.29, 1.82) is 0 Å². The minimum atomic E-state index is -0.0654. The van der Waals surface area contributed by atoms with Crippen molar-refractivity contribution in [3.05, 3.63) is 29.8 Å². The van der Waals surface area contributed by atoms with E-state index in [2.05, 4.69) is 41.7 Å². The van der Waals surface area contributed by atoms with Gasteiger partial charge in [0.2, 0.25) is 5.91 Å². The third-order valence-corrected chi connectivity index (χ3v) is 3.03. The molecule has 1 aromatic rings. The Balaban J connectivity index is 2.62. The lowest BCUT2D eigenvalue weighted by Gasteiger charge is -2.12. The molecule has 5 nitrogen and oxygen atoms in total. The number of aliphatic imine (C=N–C) groups is 1. The summed E-state index contributed by atoms with van der Waals surface area (Å²) in [7, 11) is 0. The van der Waals surface area contributed by atoms with Crippen molar-refractivity contribution < 1.29 is 4.79 Å². The predicted octanol–water partition coefficient (Wildman–Crippen LogP) is 2.75. The van der Waals surface area contributed by atoms with Crippen LogP contribution in [0.15, 0.2) is 29.3 Å². The highest BCUT2D eigenvalue weighted by Crippen LogP contribution is 2.11. The molecule has 122 valence electrons. The Morgan fingerprint density at radius 3 is 2.68 bits per heavy atom. The third kappa shape index (κ3) is 7.67. The summed E-state index contributed by atoms with van der Waals surface area (Å²) in [5.74, 6) is 1.43. The first-order chi connectivity index (χ1) is 10.5. The molecule has 0 atom stereocenters. The first kappa shape index (κ1) is 18.0. The van der Waals surface area contributed by atoms with Crippen LogP contribution < -0.4 is 16.0 Å². The van der Waals surface area contributed by atoms with E-state index < -0.39 is 0 Å². The first-order valence-electron chi connectivity index (χ1n) is 7.90. The van der Waals surface area contributed by atoms with E-state index in [9.17, 15) is 4.79 Å². The molecule has 0 spiro atoms. The van der Waals surface area contributed by atoms with Crippen LogP contribution in [-0.2, 0) is 11.3 Å². The Labute approximate surface area is 133 Å². The van der Waals surface area contributed by atoms with E-state index in [0.29, 0.717) is 12.5 Å². The molecule has 0 aliphatic heterocycles. The number of benzene rings is 1. The molecule has 1 amide bonds. The monoisotopic (exact) mass is 304 g/mol. The van der Waals surface area contributed by atoms with E-state index in [1.165, 1.54) is 6.92 Å². The van der Waals surface area contributed by atoms with E-state index in [4.69, 9.17) is 0 Å². The fraction of sp³-hybridized carbons (Fsp3) is 0.529. The Bertz CT molecular complexity index is 497. The zero-order valence-corrected chi connectivity index (χ0v) is 14.1. The van der Waals surface area contributed by atoms with E-state index in [0.717, 1.165) is 36.7 Å². The molecule has 0 fully saturated rings. The van der Waals surface area contributed by atoms with Gasteiger partial charge in [-0.25, -0.2) is 4.99 Å². The lowest BCUT2D eigenvalue weighted by atomic mass is 10.1. The van der Waals surface area contributed by atoms with Crippen molar-refractivity contribution in [2.45, 2.75) is 40.7 Å². The molecule has 0 aliphatic rings. The summed E-state index contributed by atoms with van der Waals surface area (Å²) in [6, 6.07) is 7.75. The van der Waals surface area contributed by atoms with E-state index >= 15 is 0 Å². The molecule has 1 aromatic carbocycles. The lowest BCUT2D eigenvalue weighted by molar-refractivity contribution is -0.114. The molecule has 0 saturated carbocycles. The van der Waals surface area contributed by atoms with Gasteiger partial charge in [-0.15, -0.1) is 0 Å². The summed E-state index contributed by atoms with van der Waals surface area (Å²) in [4.78, 5) is 15.7. The lowest BCUT2D eigenvalue weighted by Crippen LogP contribution is -2.38. The minimum Gasteiger partial charge on any atom is -0.357 e. The van der Waals surface area contributed by atoms with Crippen LogP contribution in [-0.4, -0.2) is 25.0 Å². The molecule has 0 saturated heterocycles. The van der Waals surface area contributed by atoms with Gasteiger partial charge in [-0.3, -0.25) is 4.79 Å². The van der Waals surface area contributed by atoms with Gasteiger partial charge in [0.25, 0.3) is 0 Å². The molecule has 0 aromatic heterocycles. The summed E-state index contributed by atoms with van der Waals surface area (Å²) in [6.07, 6.45) is 1.11. The van der Waals surface area contributed by atoms with Gasteiger partial charge in [-0.05, 0) is 37.0 Å². The highest BCUT2D eigenvalue weighted by atomic mass is 16.1. The number of amides is 1. The van der Waals surface area contributed by atoms with Crippen LogP contribution >= 0.6 is 0 Å². The van der Waals surface area contributed by atoms with Crippen molar-refractivity contribution in [2.24, 2.45) is 10.9 Å². The fourth-order valence-corrected chi connectivity index (χ4v) is 1.94. The molecule has 0 aliphatic carbocycles. The van der Waals surface area contributed by atoms with Gasteiger partial charge < -0.3 is 16.0 Å². The van der Waals surface area contributed by atoms with E-state index in [1.54, 1.807) is 0 Å². The summed E-state index contributed by atoms with van der Waals surface area (Å²) in [5.41, 5.74) is 1.87. The molecular formula is C17H28N4O. The van der Waals surface area contributed by atoms with Crippen molar-refractivity contribution in [3.63, 3.8) is 0 Å².